The molecule has 1 aliphatic carbocycles. The number of rotatable bonds is 7. The highest BCUT2D eigenvalue weighted by Crippen LogP contribution is 2.44. The van der Waals surface area contributed by atoms with E-state index in [2.05, 4.69) is 0 Å². The van der Waals surface area contributed by atoms with Gasteiger partial charge in [-0.3, -0.25) is 4.79 Å². The van der Waals surface area contributed by atoms with E-state index in [-0.39, 0.29) is 11.3 Å². The molecule has 1 rings (SSSR count). The van der Waals surface area contributed by atoms with E-state index in [0.29, 0.717) is 25.4 Å². The minimum atomic E-state index is -1.27. The normalized spacial score (nSPS) is 28.5. The molecular weight excluding hydrogens is 248 g/mol. The third-order valence-corrected chi connectivity index (χ3v) is 4.14. The van der Waals surface area contributed by atoms with E-state index >= 15 is 0 Å². The molecule has 0 aromatic rings. The maximum atomic E-state index is 12.3. The molecular formula is C13H28N2O4. The number of aliphatic hydroxyl groups is 2. The number of carbonyl (C=O) groups excluding carboxylic acids is 1. The van der Waals surface area contributed by atoms with Crippen LogP contribution in [0.1, 0.15) is 38.5 Å². The lowest BCUT2D eigenvalue weighted by molar-refractivity contribution is -0.143. The molecule has 6 nitrogen and oxygen atoms in total. The molecule has 0 heterocycles. The van der Waals surface area contributed by atoms with Gasteiger partial charge in [0.25, 0.3) is 0 Å². The molecule has 0 aromatic heterocycles. The summed E-state index contributed by atoms with van der Waals surface area (Å²) in [6.07, 6.45) is 3.80. The van der Waals surface area contributed by atoms with E-state index in [0.717, 1.165) is 32.1 Å². The van der Waals surface area contributed by atoms with Gasteiger partial charge in [-0.1, -0.05) is 12.8 Å². The number of aliphatic hydroxyl groups excluding tert-OH is 2. The van der Waals surface area contributed by atoms with Crippen LogP contribution in [0.4, 0.5) is 0 Å². The molecule has 0 saturated heterocycles. The zero-order chi connectivity index (χ0) is 13.6. The minimum absolute atomic E-state index is 0. The molecule has 0 spiro atoms. The predicted molar refractivity (Wildman–Crippen MR) is 73.4 cm³/mol. The summed E-state index contributed by atoms with van der Waals surface area (Å²) < 4.78 is 0. The molecule has 3 unspecified atom stereocenters. The van der Waals surface area contributed by atoms with Gasteiger partial charge in [-0.25, -0.2) is 0 Å². The molecule has 1 aliphatic rings. The van der Waals surface area contributed by atoms with Crippen LogP contribution in [0.25, 0.3) is 0 Å². The van der Waals surface area contributed by atoms with E-state index in [4.69, 9.17) is 16.6 Å². The third kappa shape index (κ3) is 4.50. The Labute approximate surface area is 114 Å². The molecule has 0 aliphatic heterocycles. The minimum Gasteiger partial charge on any atom is -0.412 e. The number of hydrogen-bond donors (Lipinski definition) is 4. The van der Waals surface area contributed by atoms with Gasteiger partial charge in [0.15, 0.2) is 5.78 Å². The van der Waals surface area contributed by atoms with Gasteiger partial charge in [-0.15, -0.1) is 0 Å². The van der Waals surface area contributed by atoms with Gasteiger partial charge >= 0.3 is 0 Å². The second-order valence-corrected chi connectivity index (χ2v) is 5.42. The number of ketones is 1. The Hall–Kier alpha value is -0.530. The molecule has 6 heteroatoms. The van der Waals surface area contributed by atoms with E-state index < -0.39 is 18.1 Å². The molecule has 114 valence electrons. The molecule has 8 N–H and O–H groups in total. The largest absolute Gasteiger partial charge is 0.412 e. The fourth-order valence-electron chi connectivity index (χ4n) is 3.25. The van der Waals surface area contributed by atoms with Crippen LogP contribution in [0.2, 0.25) is 0 Å². The Balaban J connectivity index is 0.00000324. The topological polar surface area (TPSA) is 141 Å². The first-order valence-electron chi connectivity index (χ1n) is 6.83. The van der Waals surface area contributed by atoms with Crippen LogP contribution >= 0.6 is 0 Å². The van der Waals surface area contributed by atoms with Crippen molar-refractivity contribution in [3.8, 4) is 0 Å². The quantitative estimate of drug-likeness (QED) is 0.470. The van der Waals surface area contributed by atoms with Crippen LogP contribution in [0.5, 0.6) is 0 Å². The maximum Gasteiger partial charge on any atom is 0.169 e. The molecule has 0 radical (unpaired) electrons. The van der Waals surface area contributed by atoms with Crippen LogP contribution in [0, 0.1) is 11.3 Å². The van der Waals surface area contributed by atoms with Gasteiger partial charge in [0.1, 0.15) is 6.10 Å². The second kappa shape index (κ2) is 8.60. The Morgan fingerprint density at radius 2 is 2.05 bits per heavy atom. The molecule has 0 amide bonds. The zero-order valence-electron chi connectivity index (χ0n) is 11.5. The van der Waals surface area contributed by atoms with Crippen molar-refractivity contribution in [3.05, 3.63) is 0 Å². The van der Waals surface area contributed by atoms with E-state index in [9.17, 15) is 9.90 Å². The number of nitrogens with two attached hydrogens (primary N) is 2. The Morgan fingerprint density at radius 3 is 2.58 bits per heavy atom. The van der Waals surface area contributed by atoms with Crippen LogP contribution in [-0.2, 0) is 4.79 Å². The first-order valence-corrected chi connectivity index (χ1v) is 6.83. The second-order valence-electron chi connectivity index (χ2n) is 5.42. The average molecular weight is 276 g/mol. The highest BCUT2D eigenvalue weighted by molar-refractivity contribution is 5.89. The third-order valence-electron chi connectivity index (χ3n) is 4.14. The fourth-order valence-corrected chi connectivity index (χ4v) is 3.25. The summed E-state index contributed by atoms with van der Waals surface area (Å²) in [6, 6.07) is 0. The number of Topliss-reactive ketones (excluding diaryl/α,β-unsaturated/α-hetero) is 1. The van der Waals surface area contributed by atoms with Crippen molar-refractivity contribution in [1.82, 2.24) is 0 Å². The van der Waals surface area contributed by atoms with Crippen molar-refractivity contribution in [2.75, 3.05) is 19.7 Å². The summed E-state index contributed by atoms with van der Waals surface area (Å²) in [6.45, 7) is 0.548. The zero-order valence-corrected chi connectivity index (χ0v) is 11.5. The van der Waals surface area contributed by atoms with Gasteiger partial charge in [-0.05, 0) is 44.7 Å². The van der Waals surface area contributed by atoms with Crippen LogP contribution in [-0.4, -0.2) is 47.3 Å². The van der Waals surface area contributed by atoms with Gasteiger partial charge in [-0.2, -0.15) is 0 Å². The monoisotopic (exact) mass is 276 g/mol. The molecule has 3 atom stereocenters. The van der Waals surface area contributed by atoms with Crippen LogP contribution < -0.4 is 11.5 Å². The number of hydrogen-bond acceptors (Lipinski definition) is 5. The predicted octanol–water partition coefficient (Wildman–Crippen LogP) is -1.04. The van der Waals surface area contributed by atoms with Crippen molar-refractivity contribution in [3.63, 3.8) is 0 Å². The lowest BCUT2D eigenvalue weighted by Gasteiger charge is -2.40. The fraction of sp³-hybridized carbons (Fsp3) is 0.923. The summed E-state index contributed by atoms with van der Waals surface area (Å²) in [5.41, 5.74) is 10.7. The first-order chi connectivity index (χ1) is 8.59. The summed E-state index contributed by atoms with van der Waals surface area (Å²) >= 11 is 0. The molecule has 0 bridgehead atoms. The highest BCUT2D eigenvalue weighted by Gasteiger charge is 2.43. The average Bonchev–Trinajstić information content (AvgIpc) is 2.38. The summed E-state index contributed by atoms with van der Waals surface area (Å²) in [7, 11) is 0. The van der Waals surface area contributed by atoms with Gasteiger partial charge < -0.3 is 27.2 Å². The smallest absolute Gasteiger partial charge is 0.169 e. The van der Waals surface area contributed by atoms with Crippen molar-refractivity contribution in [2.24, 2.45) is 22.8 Å². The van der Waals surface area contributed by atoms with E-state index in [1.54, 1.807) is 0 Å². The Morgan fingerprint density at radius 1 is 1.37 bits per heavy atom. The number of carbonyl (C=O) groups is 1. The molecule has 0 aromatic carbocycles. The Bertz CT molecular complexity index is 269. The molecule has 1 fully saturated rings. The maximum absolute atomic E-state index is 12.3. The van der Waals surface area contributed by atoms with Crippen LogP contribution in [0.15, 0.2) is 0 Å². The summed E-state index contributed by atoms with van der Waals surface area (Å²) in [5.74, 6) is 0.197. The van der Waals surface area contributed by atoms with E-state index in [1.807, 2.05) is 0 Å². The SMILES string of the molecule is NCCC1CCCC(CCN)(C(=O)C(O)CO)C1.O. The van der Waals surface area contributed by atoms with Crippen molar-refractivity contribution in [2.45, 2.75) is 44.6 Å². The molecule has 1 saturated carbocycles. The lowest BCUT2D eigenvalue weighted by atomic mass is 9.64. The van der Waals surface area contributed by atoms with Gasteiger partial charge in [0, 0.05) is 5.41 Å². The standard InChI is InChI=1S/C13H26N2O3.H2O/c14-6-3-10-2-1-4-13(8-10,5-7-15)12(18)11(17)9-16;/h10-11,16-17H,1-9,14-15H2;1H2. The summed E-state index contributed by atoms with van der Waals surface area (Å²) in [4.78, 5) is 12.3. The Kier molecular flexibility index (Phi) is 8.36. The summed E-state index contributed by atoms with van der Waals surface area (Å²) in [5, 5.41) is 18.6. The van der Waals surface area contributed by atoms with Gasteiger partial charge in [0.2, 0.25) is 0 Å². The lowest BCUT2D eigenvalue weighted by Crippen LogP contribution is -2.45. The van der Waals surface area contributed by atoms with Crippen molar-refractivity contribution < 1.29 is 20.5 Å². The highest BCUT2D eigenvalue weighted by atomic mass is 16.3. The van der Waals surface area contributed by atoms with Crippen LogP contribution in [0.3, 0.4) is 0 Å². The van der Waals surface area contributed by atoms with Gasteiger partial charge in [0.05, 0.1) is 6.61 Å². The van der Waals surface area contributed by atoms with Crippen molar-refractivity contribution >= 4 is 5.78 Å². The van der Waals surface area contributed by atoms with Crippen molar-refractivity contribution in [1.29, 1.82) is 0 Å². The van der Waals surface area contributed by atoms with E-state index in [1.165, 1.54) is 0 Å². The molecule has 19 heavy (non-hydrogen) atoms. The first kappa shape index (κ1) is 18.5.